The second kappa shape index (κ2) is 7.05. The lowest BCUT2D eigenvalue weighted by atomic mass is 9.75. The average Bonchev–Trinajstić information content (AvgIpc) is 2.40. The Morgan fingerprint density at radius 1 is 1.33 bits per heavy atom. The van der Waals surface area contributed by atoms with Gasteiger partial charge in [-0.15, -0.1) is 0 Å². The first-order valence-electron chi connectivity index (χ1n) is 7.32. The van der Waals surface area contributed by atoms with Crippen molar-refractivity contribution in [3.63, 3.8) is 0 Å². The molecule has 0 radical (unpaired) electrons. The number of hydrogen-bond donors (Lipinski definition) is 1. The van der Waals surface area contributed by atoms with E-state index in [0.29, 0.717) is 18.0 Å². The summed E-state index contributed by atoms with van der Waals surface area (Å²) in [5.41, 5.74) is 1.19. The van der Waals surface area contributed by atoms with Gasteiger partial charge in [-0.2, -0.15) is 8.78 Å². The molecular formula is C16H22BrF2NO. The normalized spacial score (nSPS) is 19.0. The van der Waals surface area contributed by atoms with Gasteiger partial charge in [0.15, 0.2) is 0 Å². The van der Waals surface area contributed by atoms with Crippen LogP contribution in [0.3, 0.4) is 0 Å². The van der Waals surface area contributed by atoms with Gasteiger partial charge in [-0.3, -0.25) is 0 Å². The van der Waals surface area contributed by atoms with E-state index in [0.717, 1.165) is 22.9 Å². The summed E-state index contributed by atoms with van der Waals surface area (Å²) in [4.78, 5) is 0. The third-order valence-electron chi connectivity index (χ3n) is 4.16. The third kappa shape index (κ3) is 5.22. The van der Waals surface area contributed by atoms with Crippen LogP contribution in [0.25, 0.3) is 0 Å². The van der Waals surface area contributed by atoms with Crippen molar-refractivity contribution in [3.8, 4) is 5.75 Å². The molecular weight excluding hydrogens is 340 g/mol. The number of hydrogen-bond acceptors (Lipinski definition) is 2. The van der Waals surface area contributed by atoms with Gasteiger partial charge in [0, 0.05) is 22.6 Å². The molecule has 21 heavy (non-hydrogen) atoms. The Balaban J connectivity index is 1.95. The third-order valence-corrected chi connectivity index (χ3v) is 4.65. The zero-order chi connectivity index (χ0) is 15.5. The van der Waals surface area contributed by atoms with Crippen LogP contribution in [-0.4, -0.2) is 12.7 Å². The smallest absolute Gasteiger partial charge is 0.387 e. The van der Waals surface area contributed by atoms with E-state index in [2.05, 4.69) is 39.8 Å². The second-order valence-corrected chi connectivity index (χ2v) is 7.37. The van der Waals surface area contributed by atoms with Crippen LogP contribution in [0.4, 0.5) is 8.78 Å². The largest absolute Gasteiger partial charge is 0.434 e. The van der Waals surface area contributed by atoms with Crippen LogP contribution in [0.15, 0.2) is 22.7 Å². The molecule has 2 nitrogen and oxygen atoms in total. The van der Waals surface area contributed by atoms with Crippen molar-refractivity contribution in [2.45, 2.75) is 58.7 Å². The summed E-state index contributed by atoms with van der Waals surface area (Å²) in [5.74, 6) is 0.247. The Morgan fingerprint density at radius 2 is 2.00 bits per heavy atom. The molecule has 0 atom stereocenters. The Labute approximate surface area is 133 Å². The molecule has 5 heteroatoms. The molecule has 0 amide bonds. The van der Waals surface area contributed by atoms with Crippen molar-refractivity contribution >= 4 is 15.9 Å². The van der Waals surface area contributed by atoms with Gasteiger partial charge < -0.3 is 10.1 Å². The van der Waals surface area contributed by atoms with Crippen LogP contribution in [0, 0.1) is 5.41 Å². The maximum absolute atomic E-state index is 12.4. The van der Waals surface area contributed by atoms with Crippen molar-refractivity contribution in [2.24, 2.45) is 5.41 Å². The predicted molar refractivity (Wildman–Crippen MR) is 83.7 cm³/mol. The van der Waals surface area contributed by atoms with Gasteiger partial charge in [0.25, 0.3) is 0 Å². The number of ether oxygens (including phenoxy) is 1. The van der Waals surface area contributed by atoms with E-state index in [4.69, 9.17) is 0 Å². The number of nitrogens with one attached hydrogen (secondary N) is 1. The fraction of sp³-hybridized carbons (Fsp3) is 0.625. The van der Waals surface area contributed by atoms with Crippen LogP contribution in [-0.2, 0) is 6.54 Å². The summed E-state index contributed by atoms with van der Waals surface area (Å²) in [6, 6.07) is 5.58. The van der Waals surface area contributed by atoms with E-state index >= 15 is 0 Å². The van der Waals surface area contributed by atoms with Gasteiger partial charge in [-0.25, -0.2) is 0 Å². The van der Waals surface area contributed by atoms with E-state index in [-0.39, 0.29) is 5.75 Å². The van der Waals surface area contributed by atoms with Crippen LogP contribution < -0.4 is 10.1 Å². The molecule has 0 aromatic heterocycles. The molecule has 1 fully saturated rings. The fourth-order valence-corrected chi connectivity index (χ4v) is 3.16. The topological polar surface area (TPSA) is 21.3 Å². The molecule has 1 N–H and O–H groups in total. The van der Waals surface area contributed by atoms with E-state index in [1.54, 1.807) is 12.1 Å². The second-order valence-electron chi connectivity index (χ2n) is 6.45. The first-order chi connectivity index (χ1) is 9.85. The zero-order valence-corrected chi connectivity index (χ0v) is 14.1. The predicted octanol–water partition coefficient (Wildman–Crippen LogP) is 5.11. The van der Waals surface area contributed by atoms with Crippen molar-refractivity contribution in [3.05, 3.63) is 28.2 Å². The molecule has 0 saturated heterocycles. The van der Waals surface area contributed by atoms with E-state index in [1.165, 1.54) is 12.8 Å². The number of alkyl halides is 2. The summed E-state index contributed by atoms with van der Waals surface area (Å²) in [7, 11) is 0. The van der Waals surface area contributed by atoms with Crippen molar-refractivity contribution < 1.29 is 13.5 Å². The van der Waals surface area contributed by atoms with Crippen molar-refractivity contribution in [1.29, 1.82) is 0 Å². The highest BCUT2D eigenvalue weighted by Gasteiger charge is 2.26. The SMILES string of the molecule is CC1(C)CCC(NCc2cc(Br)ccc2OC(F)F)CC1. The molecule has 0 aliphatic heterocycles. The minimum Gasteiger partial charge on any atom is -0.434 e. The van der Waals surface area contributed by atoms with Crippen LogP contribution in [0.5, 0.6) is 5.75 Å². The molecule has 0 bridgehead atoms. The zero-order valence-electron chi connectivity index (χ0n) is 12.5. The summed E-state index contributed by atoms with van der Waals surface area (Å²) in [6.07, 6.45) is 4.66. The molecule has 2 rings (SSSR count). The van der Waals surface area contributed by atoms with Crippen molar-refractivity contribution in [1.82, 2.24) is 5.32 Å². The number of rotatable bonds is 5. The highest BCUT2D eigenvalue weighted by Crippen LogP contribution is 2.35. The molecule has 1 aliphatic rings. The molecule has 118 valence electrons. The minimum absolute atomic E-state index is 0.247. The molecule has 1 aromatic carbocycles. The molecule has 0 heterocycles. The first kappa shape index (κ1) is 16.7. The summed E-state index contributed by atoms with van der Waals surface area (Å²) < 4.78 is 30.3. The van der Waals surface area contributed by atoms with Gasteiger partial charge in [0.05, 0.1) is 0 Å². The van der Waals surface area contributed by atoms with Crippen LogP contribution in [0.2, 0.25) is 0 Å². The Bertz CT molecular complexity index is 469. The Hall–Kier alpha value is -0.680. The summed E-state index contributed by atoms with van der Waals surface area (Å²) in [6.45, 7) is 2.35. The fourth-order valence-electron chi connectivity index (χ4n) is 2.75. The summed E-state index contributed by atoms with van der Waals surface area (Å²) in [5, 5.41) is 3.47. The Morgan fingerprint density at radius 3 is 2.62 bits per heavy atom. The minimum atomic E-state index is -2.79. The van der Waals surface area contributed by atoms with Gasteiger partial charge in [0.2, 0.25) is 0 Å². The highest BCUT2D eigenvalue weighted by atomic mass is 79.9. The highest BCUT2D eigenvalue weighted by molar-refractivity contribution is 9.10. The average molecular weight is 362 g/mol. The Kier molecular flexibility index (Phi) is 5.60. The monoisotopic (exact) mass is 361 g/mol. The summed E-state index contributed by atoms with van der Waals surface area (Å²) >= 11 is 3.37. The maximum Gasteiger partial charge on any atom is 0.387 e. The van der Waals surface area contributed by atoms with Crippen LogP contribution >= 0.6 is 15.9 Å². The molecule has 0 unspecified atom stereocenters. The quantitative estimate of drug-likeness (QED) is 0.786. The lowest BCUT2D eigenvalue weighted by Gasteiger charge is -2.34. The van der Waals surface area contributed by atoms with E-state index < -0.39 is 6.61 Å². The lowest BCUT2D eigenvalue weighted by molar-refractivity contribution is -0.0505. The van der Waals surface area contributed by atoms with E-state index in [9.17, 15) is 8.78 Å². The van der Waals surface area contributed by atoms with Gasteiger partial charge in [0.1, 0.15) is 5.75 Å². The van der Waals surface area contributed by atoms with E-state index in [1.807, 2.05) is 6.07 Å². The molecule has 1 aliphatic carbocycles. The van der Waals surface area contributed by atoms with Gasteiger partial charge >= 0.3 is 6.61 Å². The van der Waals surface area contributed by atoms with Crippen LogP contribution in [0.1, 0.15) is 45.1 Å². The molecule has 0 spiro atoms. The number of benzene rings is 1. The van der Waals surface area contributed by atoms with Gasteiger partial charge in [-0.1, -0.05) is 29.8 Å². The molecule has 1 saturated carbocycles. The van der Waals surface area contributed by atoms with Gasteiger partial charge in [-0.05, 0) is 49.3 Å². The number of halogens is 3. The van der Waals surface area contributed by atoms with Crippen molar-refractivity contribution in [2.75, 3.05) is 0 Å². The molecule has 1 aromatic rings. The maximum atomic E-state index is 12.4. The lowest BCUT2D eigenvalue weighted by Crippen LogP contribution is -2.35. The first-order valence-corrected chi connectivity index (χ1v) is 8.12. The standard InChI is InChI=1S/C16H22BrF2NO/c1-16(2)7-5-13(6-8-16)20-10-11-9-12(17)3-4-14(11)21-15(18)19/h3-4,9,13,15,20H,5-8,10H2,1-2H3.